The summed E-state index contributed by atoms with van der Waals surface area (Å²) in [5.74, 6) is -0.0845. The lowest BCUT2D eigenvalue weighted by molar-refractivity contribution is -0.115. The number of nitrogens with one attached hydrogen (secondary N) is 2. The van der Waals surface area contributed by atoms with Crippen LogP contribution in [0.5, 0.6) is 0 Å². The van der Waals surface area contributed by atoms with Crippen LogP contribution in [0.1, 0.15) is 0 Å². The zero-order chi connectivity index (χ0) is 14.2. The molecule has 0 aliphatic heterocycles. The van der Waals surface area contributed by atoms with E-state index in [-0.39, 0.29) is 24.9 Å². The third-order valence-corrected chi connectivity index (χ3v) is 2.67. The smallest absolute Gasteiger partial charge is 0.238 e. The molecular weight excluding hydrogens is 292 g/mol. The molecule has 0 unspecified atom stereocenters. The predicted molar refractivity (Wildman–Crippen MR) is 84.2 cm³/mol. The van der Waals surface area contributed by atoms with Crippen molar-refractivity contribution >= 4 is 24.0 Å². The maximum Gasteiger partial charge on any atom is 0.238 e. The average molecular weight is 311 g/mol. The molecule has 1 aromatic carbocycles. The van der Waals surface area contributed by atoms with Crippen LogP contribution in [0.25, 0.3) is 5.69 Å². The van der Waals surface area contributed by atoms with Gasteiger partial charge in [0.15, 0.2) is 0 Å². The van der Waals surface area contributed by atoms with Crippen molar-refractivity contribution < 1.29 is 9.53 Å². The molecule has 1 heterocycles. The Labute approximate surface area is 129 Å². The molecule has 1 amide bonds. The van der Waals surface area contributed by atoms with Crippen LogP contribution in [-0.4, -0.2) is 42.5 Å². The number of ether oxygens (including phenoxy) is 1. The van der Waals surface area contributed by atoms with Gasteiger partial charge in [0.25, 0.3) is 0 Å². The third-order valence-electron chi connectivity index (χ3n) is 2.67. The maximum absolute atomic E-state index is 11.7. The minimum atomic E-state index is -0.0845. The first-order valence-corrected chi connectivity index (χ1v) is 6.39. The summed E-state index contributed by atoms with van der Waals surface area (Å²) in [6.07, 6.45) is 3.57. The van der Waals surface area contributed by atoms with Crippen molar-refractivity contribution in [2.45, 2.75) is 0 Å². The van der Waals surface area contributed by atoms with Crippen molar-refractivity contribution in [1.29, 1.82) is 0 Å². The van der Waals surface area contributed by atoms with Crippen LogP contribution in [0.3, 0.4) is 0 Å². The molecule has 6 nitrogen and oxygen atoms in total. The number of carbonyl (C=O) groups excluding carboxylic acids is 1. The van der Waals surface area contributed by atoms with Gasteiger partial charge in [-0.2, -0.15) is 5.10 Å². The number of hydrogen-bond donors (Lipinski definition) is 2. The standard InChI is InChI=1S/C14H18N4O2.ClH/c1-20-9-7-15-11-14(19)17-12-4-2-5-13(10-12)18-8-3-6-16-18;/h2-6,8,10,15H,7,9,11H2,1H3,(H,17,19);1H. The van der Waals surface area contributed by atoms with E-state index in [1.165, 1.54) is 0 Å². The van der Waals surface area contributed by atoms with Crippen molar-refractivity contribution in [3.8, 4) is 5.69 Å². The lowest BCUT2D eigenvalue weighted by atomic mass is 10.2. The van der Waals surface area contributed by atoms with Gasteiger partial charge in [0, 0.05) is 31.7 Å². The number of hydrogen-bond acceptors (Lipinski definition) is 4. The summed E-state index contributed by atoms with van der Waals surface area (Å²) in [7, 11) is 1.63. The molecule has 1 aromatic heterocycles. The molecule has 0 atom stereocenters. The number of aromatic nitrogens is 2. The number of nitrogens with zero attached hydrogens (tertiary/aromatic N) is 2. The SMILES string of the molecule is COCCNCC(=O)Nc1cccc(-n2cccn2)c1.Cl. The lowest BCUT2D eigenvalue weighted by Gasteiger charge is -2.08. The fourth-order valence-corrected chi connectivity index (χ4v) is 1.73. The van der Waals surface area contributed by atoms with Gasteiger partial charge in [-0.1, -0.05) is 6.07 Å². The molecule has 0 saturated carbocycles. The fraction of sp³-hybridized carbons (Fsp3) is 0.286. The summed E-state index contributed by atoms with van der Waals surface area (Å²) in [5.41, 5.74) is 1.65. The van der Waals surface area contributed by atoms with E-state index in [9.17, 15) is 4.79 Å². The minimum Gasteiger partial charge on any atom is -0.383 e. The molecule has 21 heavy (non-hydrogen) atoms. The van der Waals surface area contributed by atoms with E-state index >= 15 is 0 Å². The fourth-order valence-electron chi connectivity index (χ4n) is 1.73. The first-order chi connectivity index (χ1) is 9.79. The first-order valence-electron chi connectivity index (χ1n) is 6.39. The Morgan fingerprint density at radius 1 is 1.38 bits per heavy atom. The molecule has 0 radical (unpaired) electrons. The van der Waals surface area contributed by atoms with E-state index in [1.54, 1.807) is 18.0 Å². The second-order valence-corrected chi connectivity index (χ2v) is 4.22. The molecule has 0 aliphatic rings. The minimum absolute atomic E-state index is 0. The highest BCUT2D eigenvalue weighted by atomic mass is 35.5. The Kier molecular flexibility index (Phi) is 7.45. The number of benzene rings is 1. The van der Waals surface area contributed by atoms with Crippen LogP contribution in [0.2, 0.25) is 0 Å². The van der Waals surface area contributed by atoms with Crippen LogP contribution in [-0.2, 0) is 9.53 Å². The lowest BCUT2D eigenvalue weighted by Crippen LogP contribution is -2.30. The summed E-state index contributed by atoms with van der Waals surface area (Å²) in [5, 5.41) is 9.99. The summed E-state index contributed by atoms with van der Waals surface area (Å²) < 4.78 is 6.64. The highest BCUT2D eigenvalue weighted by molar-refractivity contribution is 5.92. The van der Waals surface area contributed by atoms with Gasteiger partial charge in [0.1, 0.15) is 0 Å². The van der Waals surface area contributed by atoms with E-state index in [1.807, 2.05) is 36.5 Å². The average Bonchev–Trinajstić information content (AvgIpc) is 2.98. The second-order valence-electron chi connectivity index (χ2n) is 4.22. The Morgan fingerprint density at radius 3 is 2.95 bits per heavy atom. The van der Waals surface area contributed by atoms with E-state index in [2.05, 4.69) is 15.7 Å². The molecular formula is C14H19ClN4O2. The van der Waals surface area contributed by atoms with Crippen LogP contribution < -0.4 is 10.6 Å². The number of rotatable bonds is 7. The van der Waals surface area contributed by atoms with E-state index in [0.29, 0.717) is 13.2 Å². The number of anilines is 1. The molecule has 0 bridgehead atoms. The zero-order valence-corrected chi connectivity index (χ0v) is 12.6. The topological polar surface area (TPSA) is 68.2 Å². The molecule has 2 N–H and O–H groups in total. The van der Waals surface area contributed by atoms with Gasteiger partial charge in [-0.05, 0) is 24.3 Å². The summed E-state index contributed by atoms with van der Waals surface area (Å²) in [6, 6.07) is 9.38. The summed E-state index contributed by atoms with van der Waals surface area (Å²) in [6.45, 7) is 1.49. The van der Waals surface area contributed by atoms with Crippen molar-refractivity contribution in [3.63, 3.8) is 0 Å². The zero-order valence-electron chi connectivity index (χ0n) is 11.8. The highest BCUT2D eigenvalue weighted by Crippen LogP contribution is 2.13. The molecule has 7 heteroatoms. The van der Waals surface area contributed by atoms with Crippen molar-refractivity contribution in [2.24, 2.45) is 0 Å². The van der Waals surface area contributed by atoms with Crippen molar-refractivity contribution in [2.75, 3.05) is 32.1 Å². The normalized spacial score (nSPS) is 9.95. The Hall–Kier alpha value is -1.89. The second kappa shape index (κ2) is 9.12. The van der Waals surface area contributed by atoms with Crippen LogP contribution in [0.4, 0.5) is 5.69 Å². The van der Waals surface area contributed by atoms with Gasteiger partial charge >= 0.3 is 0 Å². The van der Waals surface area contributed by atoms with Gasteiger partial charge in [0.2, 0.25) is 5.91 Å². The molecule has 2 rings (SSSR count). The Morgan fingerprint density at radius 2 is 2.24 bits per heavy atom. The predicted octanol–water partition coefficient (Wildman–Crippen LogP) is 1.47. The highest BCUT2D eigenvalue weighted by Gasteiger charge is 2.03. The van der Waals surface area contributed by atoms with Crippen molar-refractivity contribution in [3.05, 3.63) is 42.7 Å². The van der Waals surface area contributed by atoms with Gasteiger partial charge < -0.3 is 15.4 Å². The monoisotopic (exact) mass is 310 g/mol. The van der Waals surface area contributed by atoms with Gasteiger partial charge in [-0.15, -0.1) is 12.4 Å². The molecule has 114 valence electrons. The van der Waals surface area contributed by atoms with Gasteiger partial charge in [0.05, 0.1) is 18.8 Å². The van der Waals surface area contributed by atoms with Crippen molar-refractivity contribution in [1.82, 2.24) is 15.1 Å². The molecule has 0 saturated heterocycles. The van der Waals surface area contributed by atoms with Crippen LogP contribution in [0.15, 0.2) is 42.7 Å². The Bertz CT molecular complexity index is 546. The number of halogens is 1. The van der Waals surface area contributed by atoms with Crippen LogP contribution in [0, 0.1) is 0 Å². The quantitative estimate of drug-likeness (QED) is 0.760. The van der Waals surface area contributed by atoms with Gasteiger partial charge in [-0.25, -0.2) is 4.68 Å². The largest absolute Gasteiger partial charge is 0.383 e. The van der Waals surface area contributed by atoms with E-state index < -0.39 is 0 Å². The van der Waals surface area contributed by atoms with Gasteiger partial charge in [-0.3, -0.25) is 4.79 Å². The first kappa shape index (κ1) is 17.2. The molecule has 2 aromatic rings. The maximum atomic E-state index is 11.7. The van der Waals surface area contributed by atoms with Crippen LogP contribution >= 0.6 is 12.4 Å². The Balaban J connectivity index is 0.00000220. The summed E-state index contributed by atoms with van der Waals surface area (Å²) >= 11 is 0. The number of carbonyl (C=O) groups is 1. The van der Waals surface area contributed by atoms with E-state index in [0.717, 1.165) is 11.4 Å². The van der Waals surface area contributed by atoms with E-state index in [4.69, 9.17) is 4.74 Å². The number of methoxy groups -OCH3 is 1. The molecule has 0 fully saturated rings. The third kappa shape index (κ3) is 5.55. The number of amides is 1. The molecule has 0 aliphatic carbocycles. The molecule has 0 spiro atoms. The summed E-state index contributed by atoms with van der Waals surface area (Å²) in [4.78, 5) is 11.7.